The minimum Gasteiger partial charge on any atom is -0.488 e. The van der Waals surface area contributed by atoms with Crippen molar-refractivity contribution in [3.05, 3.63) is 63.7 Å². The highest BCUT2D eigenvalue weighted by atomic mass is 35.5. The number of carboxylic acid groups (broad SMARTS) is 1. The predicted octanol–water partition coefficient (Wildman–Crippen LogP) is 5.80. The molecule has 2 aromatic rings. The number of rotatable bonds is 6. The number of halogens is 3. The van der Waals surface area contributed by atoms with Gasteiger partial charge in [-0.25, -0.2) is 13.6 Å². The maximum Gasteiger partial charge on any atom is 0.338 e. The van der Waals surface area contributed by atoms with Crippen LogP contribution in [0.1, 0.15) is 66.1 Å². The second kappa shape index (κ2) is 7.75. The lowest BCUT2D eigenvalue weighted by atomic mass is 10.0. The number of carbonyl (C=O) groups is 1. The van der Waals surface area contributed by atoms with E-state index in [-0.39, 0.29) is 35.5 Å². The first-order valence-electron chi connectivity index (χ1n) is 10.8. The van der Waals surface area contributed by atoms with Gasteiger partial charge in [-0.05, 0) is 73.8 Å². The van der Waals surface area contributed by atoms with Crippen LogP contribution in [0.4, 0.5) is 8.78 Å². The fraction of sp³-hybridized carbons (Fsp3) is 0.458. The van der Waals surface area contributed by atoms with E-state index in [0.717, 1.165) is 43.4 Å². The third kappa shape index (κ3) is 3.80. The van der Waals surface area contributed by atoms with Gasteiger partial charge in [0.05, 0.1) is 5.56 Å². The van der Waals surface area contributed by atoms with Crippen molar-refractivity contribution in [3.63, 3.8) is 0 Å². The minimum atomic E-state index is -1.26. The number of piperidine rings is 1. The summed E-state index contributed by atoms with van der Waals surface area (Å²) in [6.07, 6.45) is 3.70. The third-order valence-corrected chi connectivity index (χ3v) is 7.33. The number of likely N-dealkylation sites (tertiary alicyclic amines) is 1. The maximum atomic E-state index is 14.4. The highest BCUT2D eigenvalue weighted by molar-refractivity contribution is 6.31. The number of aromatic carboxylic acids is 1. The summed E-state index contributed by atoms with van der Waals surface area (Å²) >= 11 is 6.30. The molecule has 1 heterocycles. The van der Waals surface area contributed by atoms with E-state index < -0.39 is 11.8 Å². The number of fused-ring (bicyclic) bond motifs is 2. The summed E-state index contributed by atoms with van der Waals surface area (Å²) in [5.74, 6) is -1.20. The van der Waals surface area contributed by atoms with Crippen molar-refractivity contribution in [2.75, 3.05) is 6.54 Å². The minimum absolute atomic E-state index is 0.00326. The zero-order valence-electron chi connectivity index (χ0n) is 17.2. The van der Waals surface area contributed by atoms with Crippen molar-refractivity contribution in [2.45, 2.75) is 56.7 Å². The van der Waals surface area contributed by atoms with Crippen molar-refractivity contribution in [1.29, 1.82) is 0 Å². The Kier molecular flexibility index (Phi) is 5.18. The Morgan fingerprint density at radius 3 is 2.65 bits per heavy atom. The first-order chi connectivity index (χ1) is 14.8. The average molecular weight is 448 g/mol. The molecule has 7 heteroatoms. The SMILES string of the molecule is C[C@H](c1ccc(F)cc1Cl)N1C[C@H]2C[C@@H]1[C@H](Oc1cc(F)c(C(=O)O)cc1C1CC1)C2. The predicted molar refractivity (Wildman–Crippen MR) is 113 cm³/mol. The van der Waals surface area contributed by atoms with Gasteiger partial charge >= 0.3 is 5.97 Å². The van der Waals surface area contributed by atoms with Crippen molar-refractivity contribution in [2.24, 2.45) is 5.92 Å². The molecule has 3 fully saturated rings. The van der Waals surface area contributed by atoms with Crippen LogP contribution < -0.4 is 4.74 Å². The molecule has 164 valence electrons. The summed E-state index contributed by atoms with van der Waals surface area (Å²) in [5, 5.41) is 9.69. The molecule has 2 bridgehead atoms. The van der Waals surface area contributed by atoms with Crippen LogP contribution in [-0.4, -0.2) is 34.7 Å². The van der Waals surface area contributed by atoms with Gasteiger partial charge < -0.3 is 9.84 Å². The number of carboxylic acids is 1. The van der Waals surface area contributed by atoms with Gasteiger partial charge in [0, 0.05) is 29.7 Å². The zero-order valence-corrected chi connectivity index (χ0v) is 17.9. The van der Waals surface area contributed by atoms with E-state index in [1.54, 1.807) is 6.07 Å². The Morgan fingerprint density at radius 1 is 1.23 bits per heavy atom. The summed E-state index contributed by atoms with van der Waals surface area (Å²) in [6, 6.07) is 7.33. The van der Waals surface area contributed by atoms with Crippen molar-refractivity contribution >= 4 is 17.6 Å². The lowest BCUT2D eigenvalue weighted by Crippen LogP contribution is -2.45. The molecule has 5 rings (SSSR count). The number of hydrogen-bond donors (Lipinski definition) is 1. The Labute approximate surface area is 184 Å². The van der Waals surface area contributed by atoms with Gasteiger partial charge in [0.2, 0.25) is 0 Å². The molecule has 0 amide bonds. The Bertz CT molecular complexity index is 1040. The second-order valence-electron chi connectivity index (χ2n) is 9.05. The van der Waals surface area contributed by atoms with Gasteiger partial charge in [-0.2, -0.15) is 0 Å². The van der Waals surface area contributed by atoms with E-state index in [9.17, 15) is 18.7 Å². The van der Waals surface area contributed by atoms with E-state index in [1.807, 2.05) is 0 Å². The van der Waals surface area contributed by atoms with Gasteiger partial charge in [0.25, 0.3) is 0 Å². The highest BCUT2D eigenvalue weighted by Gasteiger charge is 2.48. The van der Waals surface area contributed by atoms with Crippen LogP contribution in [0.2, 0.25) is 5.02 Å². The molecule has 0 radical (unpaired) electrons. The van der Waals surface area contributed by atoms with Crippen LogP contribution in [0.3, 0.4) is 0 Å². The van der Waals surface area contributed by atoms with Gasteiger partial charge in [0.15, 0.2) is 0 Å². The first kappa shape index (κ1) is 20.7. The fourth-order valence-electron chi connectivity index (χ4n) is 5.31. The molecule has 0 aromatic heterocycles. The summed E-state index contributed by atoms with van der Waals surface area (Å²) in [6.45, 7) is 2.98. The molecular formula is C24H24ClF2NO3. The monoisotopic (exact) mass is 447 g/mol. The molecule has 2 aromatic carbocycles. The summed E-state index contributed by atoms with van der Waals surface area (Å²) < 4.78 is 34.2. The zero-order chi connectivity index (χ0) is 21.9. The third-order valence-electron chi connectivity index (χ3n) is 7.00. The van der Waals surface area contributed by atoms with Crippen LogP contribution in [0, 0.1) is 17.6 Å². The fourth-order valence-corrected chi connectivity index (χ4v) is 5.64. The van der Waals surface area contributed by atoms with Gasteiger partial charge in [-0.15, -0.1) is 0 Å². The summed E-state index contributed by atoms with van der Waals surface area (Å²) in [4.78, 5) is 13.7. The molecule has 2 saturated carbocycles. The smallest absolute Gasteiger partial charge is 0.338 e. The van der Waals surface area contributed by atoms with E-state index in [2.05, 4.69) is 11.8 Å². The molecule has 2 aliphatic carbocycles. The van der Waals surface area contributed by atoms with E-state index >= 15 is 0 Å². The quantitative estimate of drug-likeness (QED) is 0.608. The van der Waals surface area contributed by atoms with Gasteiger partial charge in [-0.1, -0.05) is 17.7 Å². The van der Waals surface area contributed by atoms with Crippen LogP contribution >= 0.6 is 11.6 Å². The Balaban J connectivity index is 1.39. The largest absolute Gasteiger partial charge is 0.488 e. The molecular weight excluding hydrogens is 424 g/mol. The van der Waals surface area contributed by atoms with Crippen LogP contribution in [0.5, 0.6) is 5.75 Å². The molecule has 4 nitrogen and oxygen atoms in total. The van der Waals surface area contributed by atoms with Crippen molar-refractivity contribution in [3.8, 4) is 5.75 Å². The summed E-state index contributed by atoms with van der Waals surface area (Å²) in [7, 11) is 0. The second-order valence-corrected chi connectivity index (χ2v) is 9.46. The normalized spacial score (nSPS) is 26.3. The topological polar surface area (TPSA) is 49.8 Å². The highest BCUT2D eigenvalue weighted by Crippen LogP contribution is 2.48. The number of ether oxygens (including phenoxy) is 1. The molecule has 1 aliphatic heterocycles. The molecule has 0 spiro atoms. The molecule has 1 N–H and O–H groups in total. The molecule has 1 saturated heterocycles. The van der Waals surface area contributed by atoms with Crippen LogP contribution in [0.25, 0.3) is 0 Å². The van der Waals surface area contributed by atoms with Crippen LogP contribution in [0.15, 0.2) is 30.3 Å². The lowest BCUT2D eigenvalue weighted by molar-refractivity contribution is 0.0506. The molecule has 31 heavy (non-hydrogen) atoms. The molecule has 3 aliphatic rings. The summed E-state index contributed by atoms with van der Waals surface area (Å²) in [5.41, 5.74) is 1.37. The van der Waals surface area contributed by atoms with E-state index in [4.69, 9.17) is 16.3 Å². The molecule has 0 unspecified atom stereocenters. The number of hydrogen-bond acceptors (Lipinski definition) is 3. The number of nitrogens with zero attached hydrogens (tertiary/aromatic N) is 1. The van der Waals surface area contributed by atoms with Crippen LogP contribution in [-0.2, 0) is 0 Å². The average Bonchev–Trinajstić information content (AvgIpc) is 3.36. The van der Waals surface area contributed by atoms with Crippen molar-refractivity contribution < 1.29 is 23.4 Å². The van der Waals surface area contributed by atoms with E-state index in [0.29, 0.717) is 16.7 Å². The first-order valence-corrected chi connectivity index (χ1v) is 11.1. The Hall–Kier alpha value is -2.18. The van der Waals surface area contributed by atoms with Gasteiger partial charge in [-0.3, -0.25) is 4.90 Å². The lowest BCUT2D eigenvalue weighted by Gasteiger charge is -2.38. The number of benzene rings is 2. The van der Waals surface area contributed by atoms with E-state index in [1.165, 1.54) is 24.3 Å². The standard InChI is InChI=1S/C24H24ClF2NO3/c1-12(16-5-4-15(26)8-19(16)25)28-11-13-6-21(28)23(7-13)31-22-10-20(27)18(24(29)30)9-17(22)14-2-3-14/h4-5,8-10,12-14,21,23H,2-3,6-7,11H2,1H3,(H,29,30)/t12-,13+,21-,23-/m1/s1. The van der Waals surface area contributed by atoms with Gasteiger partial charge in [0.1, 0.15) is 23.5 Å². The van der Waals surface area contributed by atoms with Crippen molar-refractivity contribution in [1.82, 2.24) is 4.90 Å². The maximum absolute atomic E-state index is 14.4. The Morgan fingerprint density at radius 2 is 2.00 bits per heavy atom. The molecule has 4 atom stereocenters.